The van der Waals surface area contributed by atoms with Crippen LogP contribution in [0.4, 0.5) is 5.95 Å². The molecule has 0 unspecified atom stereocenters. The van der Waals surface area contributed by atoms with Crippen LogP contribution in [0.25, 0.3) is 11.3 Å². The molecule has 4 aromatic rings. The fourth-order valence-electron chi connectivity index (χ4n) is 2.64. The predicted octanol–water partition coefficient (Wildman–Crippen LogP) is 4.93. The van der Waals surface area contributed by atoms with Crippen LogP contribution in [0.3, 0.4) is 0 Å². The van der Waals surface area contributed by atoms with Crippen molar-refractivity contribution in [1.29, 1.82) is 0 Å². The first-order valence-electron chi connectivity index (χ1n) is 8.44. The molecule has 0 bridgehead atoms. The number of hydrogen-bond donors (Lipinski definition) is 2. The maximum Gasteiger partial charge on any atom is 0.276 e. The van der Waals surface area contributed by atoms with Crippen LogP contribution < -0.4 is 5.32 Å². The number of nitrogens with one attached hydrogen (secondary N) is 2. The van der Waals surface area contributed by atoms with E-state index >= 15 is 0 Å². The van der Waals surface area contributed by atoms with Gasteiger partial charge in [-0.1, -0.05) is 59.1 Å². The van der Waals surface area contributed by atoms with Gasteiger partial charge in [0, 0.05) is 10.6 Å². The molecule has 0 aliphatic carbocycles. The van der Waals surface area contributed by atoms with Crippen LogP contribution in [-0.4, -0.2) is 30.9 Å². The molecule has 0 atom stereocenters. The quantitative estimate of drug-likeness (QED) is 0.454. The molecule has 0 fully saturated rings. The molecule has 0 aliphatic rings. The molecule has 10 heteroatoms. The molecule has 2 aromatic heterocycles. The number of carbonyl (C=O) groups is 1. The van der Waals surface area contributed by atoms with E-state index in [-0.39, 0.29) is 11.6 Å². The molecule has 29 heavy (non-hydrogen) atoms. The Kier molecular flexibility index (Phi) is 5.53. The zero-order chi connectivity index (χ0) is 20.4. The molecule has 0 spiro atoms. The Hall–Kier alpha value is -2.87. The van der Waals surface area contributed by atoms with Gasteiger partial charge in [0.15, 0.2) is 0 Å². The minimum absolute atomic E-state index is 0.174. The lowest BCUT2D eigenvalue weighted by Gasteiger charge is -2.03. The lowest BCUT2D eigenvalue weighted by atomic mass is 10.1. The summed E-state index contributed by atoms with van der Waals surface area (Å²) in [6, 6.07) is 14.2. The summed E-state index contributed by atoms with van der Waals surface area (Å²) in [5, 5.41) is 15.2. The number of rotatable bonds is 5. The third-order valence-corrected chi connectivity index (χ3v) is 5.20. The fraction of sp³-hybridized carbons (Fsp3) is 0.0526. The molecule has 0 aliphatic heterocycles. The Balaban J connectivity index is 1.45. The highest BCUT2D eigenvalue weighted by Crippen LogP contribution is 2.27. The molecular formula is C19H13Cl3N6O. The topological polar surface area (TPSA) is 88.5 Å². The molecule has 2 heterocycles. The first-order chi connectivity index (χ1) is 14.0. The van der Waals surface area contributed by atoms with E-state index in [9.17, 15) is 4.79 Å². The maximum atomic E-state index is 12.5. The Bertz CT molecular complexity index is 1190. The Morgan fingerprint density at radius 2 is 1.86 bits per heavy atom. The summed E-state index contributed by atoms with van der Waals surface area (Å²) in [6.45, 7) is 0.439. The van der Waals surface area contributed by atoms with Gasteiger partial charge in [-0.2, -0.15) is 5.10 Å². The van der Waals surface area contributed by atoms with Gasteiger partial charge in [0.25, 0.3) is 5.91 Å². The molecular weight excluding hydrogens is 435 g/mol. The second-order valence-electron chi connectivity index (χ2n) is 6.11. The zero-order valence-electron chi connectivity index (χ0n) is 14.7. The highest BCUT2D eigenvalue weighted by Gasteiger charge is 2.14. The average Bonchev–Trinajstić information content (AvgIpc) is 3.36. The number of aromatic nitrogens is 5. The molecule has 7 nitrogen and oxygen atoms in total. The van der Waals surface area contributed by atoms with Crippen LogP contribution in [0.1, 0.15) is 16.1 Å². The van der Waals surface area contributed by atoms with Gasteiger partial charge in [0.1, 0.15) is 12.0 Å². The van der Waals surface area contributed by atoms with E-state index in [0.29, 0.717) is 27.3 Å². The van der Waals surface area contributed by atoms with Gasteiger partial charge in [0.2, 0.25) is 5.95 Å². The van der Waals surface area contributed by atoms with Crippen LogP contribution >= 0.6 is 34.8 Å². The van der Waals surface area contributed by atoms with E-state index in [1.54, 1.807) is 35.0 Å². The summed E-state index contributed by atoms with van der Waals surface area (Å²) in [6.07, 6.45) is 1.52. The SMILES string of the molecule is O=C(Nc1ncn(Cc2ccccc2Cl)n1)c1cc(-c2ccc(Cl)c(Cl)c2)n[nH]1. The molecule has 146 valence electrons. The Labute approximate surface area is 180 Å². The number of aromatic amines is 1. The van der Waals surface area contributed by atoms with Gasteiger partial charge in [-0.05, 0) is 29.8 Å². The molecule has 2 N–H and O–H groups in total. The smallest absolute Gasteiger partial charge is 0.276 e. The molecule has 4 rings (SSSR count). The Morgan fingerprint density at radius 3 is 2.66 bits per heavy atom. The van der Waals surface area contributed by atoms with Crippen LogP contribution in [0.15, 0.2) is 54.9 Å². The largest absolute Gasteiger partial charge is 0.288 e. The van der Waals surface area contributed by atoms with E-state index in [0.717, 1.165) is 11.1 Å². The van der Waals surface area contributed by atoms with Crippen LogP contribution in [0.2, 0.25) is 15.1 Å². The molecule has 1 amide bonds. The number of H-pyrrole nitrogens is 1. The van der Waals surface area contributed by atoms with E-state index in [1.165, 1.54) is 6.33 Å². The fourth-order valence-corrected chi connectivity index (χ4v) is 3.13. The minimum Gasteiger partial charge on any atom is -0.288 e. The van der Waals surface area contributed by atoms with Crippen molar-refractivity contribution in [3.63, 3.8) is 0 Å². The van der Waals surface area contributed by atoms with Gasteiger partial charge in [0.05, 0.1) is 22.3 Å². The van der Waals surface area contributed by atoms with Crippen molar-refractivity contribution in [2.45, 2.75) is 6.54 Å². The standard InChI is InChI=1S/C19H13Cl3N6O/c20-13-4-2-1-3-12(13)9-28-10-23-19(27-28)24-18(29)17-8-16(25-26-17)11-5-6-14(21)15(22)7-11/h1-8,10H,9H2,(H,25,26)(H,24,27,29). The summed E-state index contributed by atoms with van der Waals surface area (Å²) < 4.78 is 1.59. The minimum atomic E-state index is -0.417. The molecule has 2 aromatic carbocycles. The summed E-state index contributed by atoms with van der Waals surface area (Å²) in [7, 11) is 0. The summed E-state index contributed by atoms with van der Waals surface area (Å²) in [5.41, 5.74) is 2.45. The lowest BCUT2D eigenvalue weighted by molar-refractivity contribution is 0.102. The van der Waals surface area contributed by atoms with Gasteiger partial charge in [-0.15, -0.1) is 5.10 Å². The molecule has 0 radical (unpaired) electrons. The second-order valence-corrected chi connectivity index (χ2v) is 7.33. The normalized spacial score (nSPS) is 10.9. The Morgan fingerprint density at radius 1 is 1.03 bits per heavy atom. The molecule has 0 saturated heterocycles. The van der Waals surface area contributed by atoms with E-state index in [1.807, 2.05) is 18.2 Å². The number of halogens is 3. The van der Waals surface area contributed by atoms with Crippen molar-refractivity contribution in [3.05, 3.63) is 81.2 Å². The number of nitrogens with zero attached hydrogens (tertiary/aromatic N) is 4. The number of hydrogen-bond acceptors (Lipinski definition) is 4. The number of anilines is 1. The number of amides is 1. The zero-order valence-corrected chi connectivity index (χ0v) is 17.0. The van der Waals surface area contributed by atoms with Gasteiger partial charge in [-0.3, -0.25) is 15.2 Å². The summed E-state index contributed by atoms with van der Waals surface area (Å²) in [5.74, 6) is -0.243. The summed E-state index contributed by atoms with van der Waals surface area (Å²) >= 11 is 18.1. The highest BCUT2D eigenvalue weighted by molar-refractivity contribution is 6.42. The van der Waals surface area contributed by atoms with Crippen molar-refractivity contribution >= 4 is 46.7 Å². The van der Waals surface area contributed by atoms with Crippen LogP contribution in [0.5, 0.6) is 0 Å². The van der Waals surface area contributed by atoms with Gasteiger partial charge < -0.3 is 0 Å². The highest BCUT2D eigenvalue weighted by atomic mass is 35.5. The monoisotopic (exact) mass is 446 g/mol. The maximum absolute atomic E-state index is 12.5. The van der Waals surface area contributed by atoms with Gasteiger partial charge >= 0.3 is 0 Å². The second kappa shape index (κ2) is 8.24. The average molecular weight is 448 g/mol. The number of carbonyl (C=O) groups excluding carboxylic acids is 1. The van der Waals surface area contributed by atoms with E-state index in [2.05, 4.69) is 25.6 Å². The van der Waals surface area contributed by atoms with Crippen molar-refractivity contribution in [2.75, 3.05) is 5.32 Å². The van der Waals surface area contributed by atoms with Gasteiger partial charge in [-0.25, -0.2) is 9.67 Å². The number of benzene rings is 2. The third-order valence-electron chi connectivity index (χ3n) is 4.09. The van der Waals surface area contributed by atoms with Crippen molar-refractivity contribution in [1.82, 2.24) is 25.0 Å². The van der Waals surface area contributed by atoms with Crippen molar-refractivity contribution in [2.24, 2.45) is 0 Å². The summed E-state index contributed by atoms with van der Waals surface area (Å²) in [4.78, 5) is 16.6. The first kappa shape index (κ1) is 19.4. The van der Waals surface area contributed by atoms with Crippen molar-refractivity contribution in [3.8, 4) is 11.3 Å². The van der Waals surface area contributed by atoms with Crippen LogP contribution in [-0.2, 0) is 6.54 Å². The first-order valence-corrected chi connectivity index (χ1v) is 9.58. The molecule has 0 saturated carbocycles. The predicted molar refractivity (Wildman–Crippen MR) is 113 cm³/mol. The third kappa shape index (κ3) is 4.42. The lowest BCUT2D eigenvalue weighted by Crippen LogP contribution is -2.14. The van der Waals surface area contributed by atoms with Crippen LogP contribution in [0, 0.1) is 0 Å². The van der Waals surface area contributed by atoms with E-state index < -0.39 is 5.91 Å². The van der Waals surface area contributed by atoms with Crippen molar-refractivity contribution < 1.29 is 4.79 Å². The van der Waals surface area contributed by atoms with E-state index in [4.69, 9.17) is 34.8 Å².